The Balaban J connectivity index is 3.50. The quantitative estimate of drug-likeness (QED) is 0.745. The number of nitrogens with zero attached hydrogens (tertiary/aromatic N) is 1. The molecule has 0 aromatic heterocycles. The van der Waals surface area contributed by atoms with Crippen LogP contribution in [0.15, 0.2) is 17.7 Å². The predicted molar refractivity (Wildman–Crippen MR) is 79.4 cm³/mol. The molecule has 0 saturated heterocycles. The molecule has 108 valence electrons. The highest BCUT2D eigenvalue weighted by molar-refractivity contribution is 6.50. The smallest absolute Gasteiger partial charge is 0.203 e. The Morgan fingerprint density at radius 2 is 1.80 bits per heavy atom. The monoisotopic (exact) mass is 295 g/mol. The van der Waals surface area contributed by atoms with Crippen molar-refractivity contribution in [3.05, 3.63) is 23.3 Å². The summed E-state index contributed by atoms with van der Waals surface area (Å²) in [6, 6.07) is 5.63. The van der Waals surface area contributed by atoms with Crippen LogP contribution in [0.4, 0.5) is 0 Å². The fourth-order valence-electron chi connectivity index (χ4n) is 1.90. The average Bonchev–Trinajstić information content (AvgIpc) is 2.49. The highest BCUT2D eigenvalue weighted by atomic mass is 35.5. The van der Waals surface area contributed by atoms with E-state index in [4.69, 9.17) is 25.8 Å². The van der Waals surface area contributed by atoms with Crippen LogP contribution in [0.5, 0.6) is 17.2 Å². The largest absolute Gasteiger partial charge is 0.493 e. The van der Waals surface area contributed by atoms with E-state index in [1.807, 2.05) is 6.92 Å². The van der Waals surface area contributed by atoms with Crippen molar-refractivity contribution in [2.24, 2.45) is 0 Å². The maximum absolute atomic E-state index is 9.19. The molecule has 1 aromatic carbocycles. The predicted octanol–water partition coefficient (Wildman–Crippen LogP) is 3.99. The van der Waals surface area contributed by atoms with Crippen molar-refractivity contribution in [3.63, 3.8) is 0 Å². The van der Waals surface area contributed by atoms with Crippen LogP contribution in [0.1, 0.15) is 25.3 Å². The van der Waals surface area contributed by atoms with E-state index < -0.39 is 0 Å². The number of hydrogen-bond donors (Lipinski definition) is 0. The molecule has 5 heteroatoms. The van der Waals surface area contributed by atoms with Gasteiger partial charge in [0.25, 0.3) is 0 Å². The van der Waals surface area contributed by atoms with Gasteiger partial charge in [0.15, 0.2) is 11.5 Å². The number of nitriles is 1. The molecule has 4 nitrogen and oxygen atoms in total. The first-order valence-corrected chi connectivity index (χ1v) is 6.60. The van der Waals surface area contributed by atoms with Gasteiger partial charge in [-0.1, -0.05) is 24.9 Å². The van der Waals surface area contributed by atoms with E-state index in [-0.39, 0.29) is 0 Å². The lowest BCUT2D eigenvalue weighted by atomic mass is 10.1. The van der Waals surface area contributed by atoms with E-state index in [2.05, 4.69) is 6.07 Å². The minimum Gasteiger partial charge on any atom is -0.493 e. The Kier molecular flexibility index (Phi) is 6.20. The Labute approximate surface area is 124 Å². The molecule has 0 amide bonds. The summed E-state index contributed by atoms with van der Waals surface area (Å²) in [5.74, 6) is 1.46. The Morgan fingerprint density at radius 3 is 2.25 bits per heavy atom. The molecule has 0 aliphatic rings. The number of halogens is 1. The van der Waals surface area contributed by atoms with Crippen molar-refractivity contribution in [1.29, 1.82) is 5.26 Å². The zero-order valence-corrected chi connectivity index (χ0v) is 12.9. The number of hydrogen-bond acceptors (Lipinski definition) is 4. The molecule has 0 atom stereocenters. The first kappa shape index (κ1) is 16.2. The number of ether oxygens (including phenoxy) is 3. The van der Waals surface area contributed by atoms with Gasteiger partial charge < -0.3 is 14.2 Å². The first-order chi connectivity index (χ1) is 9.64. The lowest BCUT2D eigenvalue weighted by molar-refractivity contribution is 0.324. The second kappa shape index (κ2) is 7.66. The molecule has 0 bridgehead atoms. The third kappa shape index (κ3) is 3.17. The molecule has 0 fully saturated rings. The van der Waals surface area contributed by atoms with Gasteiger partial charge >= 0.3 is 0 Å². The van der Waals surface area contributed by atoms with Gasteiger partial charge in [-0.15, -0.1) is 0 Å². The lowest BCUT2D eigenvalue weighted by Crippen LogP contribution is -1.98. The number of benzene rings is 1. The van der Waals surface area contributed by atoms with Crippen molar-refractivity contribution >= 4 is 16.6 Å². The molecule has 0 aliphatic heterocycles. The number of rotatable bonds is 6. The van der Waals surface area contributed by atoms with E-state index in [1.165, 1.54) is 14.2 Å². The van der Waals surface area contributed by atoms with Gasteiger partial charge in [-0.2, -0.15) is 5.26 Å². The van der Waals surface area contributed by atoms with Crippen LogP contribution >= 0.6 is 11.6 Å². The van der Waals surface area contributed by atoms with Crippen LogP contribution in [-0.2, 0) is 0 Å². The Morgan fingerprint density at radius 1 is 1.15 bits per heavy atom. The van der Waals surface area contributed by atoms with Gasteiger partial charge in [-0.3, -0.25) is 0 Å². The molecule has 0 radical (unpaired) electrons. The minimum atomic E-state index is 0.382. The molecule has 1 aromatic rings. The van der Waals surface area contributed by atoms with Crippen molar-refractivity contribution in [3.8, 4) is 23.3 Å². The second-order valence-corrected chi connectivity index (χ2v) is 4.41. The van der Waals surface area contributed by atoms with Crippen molar-refractivity contribution in [2.45, 2.75) is 19.8 Å². The molecule has 0 unspecified atom stereocenters. The summed E-state index contributed by atoms with van der Waals surface area (Å²) in [5, 5.41) is 9.57. The van der Waals surface area contributed by atoms with Gasteiger partial charge in [0.2, 0.25) is 5.75 Å². The van der Waals surface area contributed by atoms with Gasteiger partial charge in [0.1, 0.15) is 0 Å². The molecular weight excluding hydrogens is 278 g/mol. The van der Waals surface area contributed by atoms with Gasteiger partial charge in [0.05, 0.1) is 32.4 Å². The zero-order chi connectivity index (χ0) is 15.1. The fraction of sp³-hybridized carbons (Fsp3) is 0.400. The van der Waals surface area contributed by atoms with Gasteiger partial charge in [0, 0.05) is 11.1 Å². The zero-order valence-electron chi connectivity index (χ0n) is 12.1. The Hall–Kier alpha value is -1.86. The van der Waals surface area contributed by atoms with E-state index >= 15 is 0 Å². The van der Waals surface area contributed by atoms with Crippen molar-refractivity contribution in [2.75, 3.05) is 21.3 Å². The van der Waals surface area contributed by atoms with Crippen LogP contribution in [0, 0.1) is 11.3 Å². The van der Waals surface area contributed by atoms with Gasteiger partial charge in [-0.05, 0) is 18.6 Å². The van der Waals surface area contributed by atoms with Crippen molar-refractivity contribution in [1.82, 2.24) is 0 Å². The summed E-state index contributed by atoms with van der Waals surface area (Å²) < 4.78 is 15.9. The van der Waals surface area contributed by atoms with Crippen LogP contribution < -0.4 is 14.2 Å². The molecule has 0 heterocycles. The van der Waals surface area contributed by atoms with Crippen LogP contribution in [0.3, 0.4) is 0 Å². The summed E-state index contributed by atoms with van der Waals surface area (Å²) in [7, 11) is 4.60. The first-order valence-electron chi connectivity index (χ1n) is 6.22. The summed E-state index contributed by atoms with van der Waals surface area (Å²) in [5.41, 5.74) is 1.15. The summed E-state index contributed by atoms with van der Waals surface area (Å²) in [4.78, 5) is 0. The molecule has 20 heavy (non-hydrogen) atoms. The van der Waals surface area contributed by atoms with Crippen LogP contribution in [-0.4, -0.2) is 21.3 Å². The average molecular weight is 296 g/mol. The molecule has 1 rings (SSSR count). The third-order valence-corrected chi connectivity index (χ3v) is 3.27. The van der Waals surface area contributed by atoms with E-state index in [1.54, 1.807) is 19.2 Å². The van der Waals surface area contributed by atoms with E-state index in [0.717, 1.165) is 6.42 Å². The van der Waals surface area contributed by atoms with Crippen LogP contribution in [0.2, 0.25) is 0 Å². The number of allylic oxidation sites excluding steroid dienone is 1. The molecule has 0 saturated carbocycles. The summed E-state index contributed by atoms with van der Waals surface area (Å²) in [6.45, 7) is 1.99. The molecule has 0 spiro atoms. The molecule has 0 N–H and O–H groups in total. The molecule has 0 aliphatic carbocycles. The summed E-state index contributed by atoms with van der Waals surface area (Å²) >= 11 is 6.34. The SMILES string of the molecule is CCCC(C#N)=C(Cl)c1ccc(OC)c(OC)c1OC. The molecular formula is C15H18ClNO3. The maximum Gasteiger partial charge on any atom is 0.203 e. The maximum atomic E-state index is 9.19. The Bertz CT molecular complexity index is 547. The topological polar surface area (TPSA) is 51.5 Å². The minimum absolute atomic E-state index is 0.382. The third-order valence-electron chi connectivity index (χ3n) is 2.84. The second-order valence-electron chi connectivity index (χ2n) is 4.04. The number of methoxy groups -OCH3 is 3. The van der Waals surface area contributed by atoms with Crippen LogP contribution in [0.25, 0.3) is 5.03 Å². The van der Waals surface area contributed by atoms with Gasteiger partial charge in [-0.25, -0.2) is 0 Å². The normalized spacial score (nSPS) is 11.4. The van der Waals surface area contributed by atoms with E-state index in [9.17, 15) is 5.26 Å². The highest BCUT2D eigenvalue weighted by Crippen LogP contribution is 2.44. The summed E-state index contributed by atoms with van der Waals surface area (Å²) in [6.07, 6.45) is 1.46. The standard InChI is InChI=1S/C15H18ClNO3/c1-5-6-10(9-17)13(16)11-7-8-12(18-2)15(20-4)14(11)19-3/h7-8H,5-6H2,1-4H3. The highest BCUT2D eigenvalue weighted by Gasteiger charge is 2.19. The fourth-order valence-corrected chi connectivity index (χ4v) is 2.19. The van der Waals surface area contributed by atoms with Crippen molar-refractivity contribution < 1.29 is 14.2 Å². The lowest BCUT2D eigenvalue weighted by Gasteiger charge is -2.16. The van der Waals surface area contributed by atoms with E-state index in [0.29, 0.717) is 39.8 Å².